The molecule has 0 saturated heterocycles. The normalized spacial score (nSPS) is 6.78. The maximum Gasteiger partial charge on any atom is 4.00 e. The Kier molecular flexibility index (Phi) is 76.6. The average Bonchev–Trinajstić information content (AvgIpc) is 2.40. The van der Waals surface area contributed by atoms with Gasteiger partial charge in [-0.1, -0.05) is 0 Å². The summed E-state index contributed by atoms with van der Waals surface area (Å²) < 4.78 is 0. The zero-order valence-corrected chi connectivity index (χ0v) is 22.0. The third-order valence-corrected chi connectivity index (χ3v) is 0.314. The second-order valence-electron chi connectivity index (χ2n) is 1.54. The molecule has 120 valence electrons. The summed E-state index contributed by atoms with van der Waals surface area (Å²) in [6.07, 6.45) is 0. The van der Waals surface area contributed by atoms with Crippen LogP contribution in [0, 0.1) is 0 Å². The number of rotatable bonds is 4. The molecule has 0 aromatic rings. The van der Waals surface area contributed by atoms with Gasteiger partial charge in [0.05, 0.1) is 0 Å². The van der Waals surface area contributed by atoms with Gasteiger partial charge in [0.15, 0.2) is 0 Å². The summed E-state index contributed by atoms with van der Waals surface area (Å²) >= 11 is 0. The summed E-state index contributed by atoms with van der Waals surface area (Å²) in [7, 11) is -10.7. The smallest absolute Gasteiger partial charge is 0.871 e. The summed E-state index contributed by atoms with van der Waals surface area (Å²) in [6.45, 7) is 0. The van der Waals surface area contributed by atoms with Gasteiger partial charge in [-0.3, -0.25) is 0 Å². The van der Waals surface area contributed by atoms with Crippen LogP contribution < -0.4 is 61.2 Å². The Morgan fingerprint density at radius 2 is 0.391 bits per heavy atom. The molecule has 0 rings (SSSR count). The maximum absolute atomic E-state index is 8.81. The number of hydrogen-bond donors (Lipinski definition) is 0. The molecule has 0 aromatic heterocycles. The topological polar surface area (TPSA) is 314 Å². The second-order valence-corrected chi connectivity index (χ2v) is 1.54. The summed E-state index contributed by atoms with van der Waals surface area (Å²) in [6, 6.07) is 0. The monoisotopic (exact) mass is 924 g/mol. The standard InChI is InChI=1S/4BHO4.3Pb/c4*2-1(3)5-4;;;/h4*4H;;;/q4*-2;3*+4/p-4. The van der Waals surface area contributed by atoms with Crippen LogP contribution in [-0.2, 0) is 19.2 Å². The molecule has 0 aliphatic carbocycles. The van der Waals surface area contributed by atoms with Crippen LogP contribution in [0.1, 0.15) is 0 Å². The van der Waals surface area contributed by atoms with Crippen LogP contribution in [-0.4, -0.2) is 111 Å². The van der Waals surface area contributed by atoms with Crippen molar-refractivity contribution in [2.75, 3.05) is 0 Å². The third-order valence-electron chi connectivity index (χ3n) is 0.314. The molecule has 0 saturated carbocycles. The third kappa shape index (κ3) is 113. The van der Waals surface area contributed by atoms with Crippen LogP contribution in [0.5, 0.6) is 0 Å². The molecule has 16 nitrogen and oxygen atoms in total. The molecule has 0 unspecified atom stereocenters. The Morgan fingerprint density at radius 1 is 0.348 bits per heavy atom. The summed E-state index contributed by atoms with van der Waals surface area (Å²) in [4.78, 5) is 9.56. The molecule has 23 heteroatoms. The van der Waals surface area contributed by atoms with E-state index in [2.05, 4.69) is 19.2 Å². The van der Waals surface area contributed by atoms with Crippen LogP contribution in [0.25, 0.3) is 0 Å². The van der Waals surface area contributed by atoms with Crippen molar-refractivity contribution in [2.45, 2.75) is 0 Å². The molecule has 0 heterocycles. The molecule has 0 amide bonds. The largest absolute Gasteiger partial charge is 4.00 e. The quantitative estimate of drug-likeness (QED) is 0.144. The zero-order chi connectivity index (χ0) is 17.1. The van der Waals surface area contributed by atoms with Gasteiger partial charge in [-0.25, -0.2) is 0 Å². The van der Waals surface area contributed by atoms with Gasteiger partial charge in [-0.2, -0.15) is 0 Å². The van der Waals surface area contributed by atoms with Gasteiger partial charge in [0.2, 0.25) is 0 Å². The Morgan fingerprint density at radius 3 is 0.391 bits per heavy atom. The van der Waals surface area contributed by atoms with Crippen LogP contribution in [0.4, 0.5) is 0 Å². The molecule has 0 radical (unpaired) electrons. The van der Waals surface area contributed by atoms with Crippen molar-refractivity contribution < 1.29 is 80.4 Å². The van der Waals surface area contributed by atoms with Crippen LogP contribution >= 0.6 is 0 Å². The van der Waals surface area contributed by atoms with E-state index in [0.29, 0.717) is 0 Å². The van der Waals surface area contributed by atoms with Gasteiger partial charge < -0.3 is 80.4 Å². The fourth-order valence-corrected chi connectivity index (χ4v) is 0. The summed E-state index contributed by atoms with van der Waals surface area (Å²) in [5.41, 5.74) is 0. The van der Waals surface area contributed by atoms with E-state index >= 15 is 0 Å². The number of hydrogen-bond acceptors (Lipinski definition) is 16. The minimum Gasteiger partial charge on any atom is -0.871 e. The van der Waals surface area contributed by atoms with Crippen molar-refractivity contribution >= 4 is 111 Å². The van der Waals surface area contributed by atoms with E-state index in [0.717, 1.165) is 0 Å². The summed E-state index contributed by atoms with van der Waals surface area (Å²) in [5.74, 6) is 0. The van der Waals surface area contributed by atoms with Gasteiger partial charge in [-0.05, 0) is 0 Å². The zero-order valence-electron chi connectivity index (χ0n) is 10.3. The van der Waals surface area contributed by atoms with E-state index in [-0.39, 0.29) is 81.9 Å². The molecule has 0 atom stereocenters. The first kappa shape index (κ1) is 44.7. The minimum atomic E-state index is -2.67. The Bertz CT molecular complexity index is 115. The molecular weight excluding hydrogens is 921 g/mol. The molecular formula is B4O16Pb3. The van der Waals surface area contributed by atoms with E-state index in [9.17, 15) is 0 Å². The second kappa shape index (κ2) is 39.5. The molecule has 0 aliphatic rings. The van der Waals surface area contributed by atoms with Crippen LogP contribution in [0.2, 0.25) is 0 Å². The summed E-state index contributed by atoms with van der Waals surface area (Å²) in [5, 5.41) is 104. The fraction of sp³-hybridized carbons (Fsp3) is 0. The van der Waals surface area contributed by atoms with E-state index in [4.69, 9.17) is 61.2 Å². The molecule has 0 aromatic carbocycles. The van der Waals surface area contributed by atoms with Gasteiger partial charge in [0.25, 0.3) is 0 Å². The van der Waals surface area contributed by atoms with Gasteiger partial charge in [0.1, 0.15) is 0 Å². The van der Waals surface area contributed by atoms with Crippen molar-refractivity contribution in [3.05, 3.63) is 0 Å². The maximum atomic E-state index is 8.81. The first-order valence-corrected chi connectivity index (χ1v) is 3.50. The van der Waals surface area contributed by atoms with E-state index in [1.807, 2.05) is 0 Å². The van der Waals surface area contributed by atoms with Crippen molar-refractivity contribution in [3.63, 3.8) is 0 Å². The molecule has 23 heavy (non-hydrogen) atoms. The Balaban J connectivity index is -0.0000000284. The van der Waals surface area contributed by atoms with E-state index < -0.39 is 29.3 Å². The average molecular weight is 921 g/mol. The van der Waals surface area contributed by atoms with Crippen molar-refractivity contribution in [3.8, 4) is 0 Å². The SMILES string of the molecule is [O-]OB([O-])[O-].[O-]OB([O-])[O-].[O-]OB([O-])[O-].[O-]OB([O-])[O-].[Pb+4].[Pb+4].[Pb+4]. The molecule has 0 fully saturated rings. The fourth-order valence-electron chi connectivity index (χ4n) is 0. The predicted octanol–water partition coefficient (Wildman–Crippen LogP) is -17.2. The van der Waals surface area contributed by atoms with Gasteiger partial charge >= 0.3 is 81.9 Å². The van der Waals surface area contributed by atoms with Gasteiger partial charge in [-0.15, -0.1) is 0 Å². The van der Waals surface area contributed by atoms with Crippen LogP contribution in [0.3, 0.4) is 0 Å². The predicted molar refractivity (Wildman–Crippen MR) is 44.6 cm³/mol. The Hall–Kier alpha value is 2.39. The first-order valence-electron chi connectivity index (χ1n) is 3.50. The molecule has 0 aliphatic heterocycles. The van der Waals surface area contributed by atoms with Gasteiger partial charge in [0, 0.05) is 29.3 Å². The van der Waals surface area contributed by atoms with Crippen molar-refractivity contribution in [1.82, 2.24) is 0 Å². The van der Waals surface area contributed by atoms with E-state index in [1.165, 1.54) is 0 Å². The van der Waals surface area contributed by atoms with Crippen LogP contribution in [0.15, 0.2) is 0 Å². The molecule has 0 N–H and O–H groups in total. The minimum absolute atomic E-state index is 0. The van der Waals surface area contributed by atoms with E-state index in [1.54, 1.807) is 0 Å². The Labute approximate surface area is 190 Å². The molecule has 0 spiro atoms. The molecule has 0 bridgehead atoms. The first-order chi connectivity index (χ1) is 9.08. The van der Waals surface area contributed by atoms with Crippen molar-refractivity contribution in [2.24, 2.45) is 0 Å². The van der Waals surface area contributed by atoms with Crippen molar-refractivity contribution in [1.29, 1.82) is 0 Å².